The fourth-order valence-electron chi connectivity index (χ4n) is 4.33. The van der Waals surface area contributed by atoms with Gasteiger partial charge in [0.2, 0.25) is 5.78 Å². The maximum atomic E-state index is 12.6. The molecule has 0 radical (unpaired) electrons. The third kappa shape index (κ3) is 2.73. The van der Waals surface area contributed by atoms with E-state index in [4.69, 9.17) is 4.74 Å². The second-order valence-corrected chi connectivity index (χ2v) is 8.37. The summed E-state index contributed by atoms with van der Waals surface area (Å²) >= 11 is 1.27. The minimum absolute atomic E-state index is 0.0371. The van der Waals surface area contributed by atoms with Crippen LogP contribution in [0.25, 0.3) is 0 Å². The van der Waals surface area contributed by atoms with Gasteiger partial charge in [0.25, 0.3) is 0 Å². The summed E-state index contributed by atoms with van der Waals surface area (Å²) in [6.07, 6.45) is 3.40. The van der Waals surface area contributed by atoms with E-state index in [9.17, 15) is 15.0 Å². The number of rotatable bonds is 2. The molecular weight excluding hydrogens is 338 g/mol. The van der Waals surface area contributed by atoms with E-state index < -0.39 is 5.60 Å². The van der Waals surface area contributed by atoms with Crippen LogP contribution in [0.5, 0.6) is 11.5 Å². The van der Waals surface area contributed by atoms with Crippen molar-refractivity contribution in [2.45, 2.75) is 50.7 Å². The predicted octanol–water partition coefficient (Wildman–Crippen LogP) is 3.50. The van der Waals surface area contributed by atoms with Crippen LogP contribution in [0.4, 0.5) is 0 Å². The van der Waals surface area contributed by atoms with Crippen molar-refractivity contribution in [3.63, 3.8) is 0 Å². The zero-order valence-corrected chi connectivity index (χ0v) is 15.0. The summed E-state index contributed by atoms with van der Waals surface area (Å²) < 4.78 is 6.21. The first kappa shape index (κ1) is 16.5. The maximum absolute atomic E-state index is 12.6. The third-order valence-corrected chi connectivity index (χ3v) is 6.27. The number of aliphatic hydroxyl groups excluding tert-OH is 1. The molecule has 1 aliphatic heterocycles. The molecule has 1 aliphatic carbocycles. The largest absolute Gasteiger partial charge is 0.507 e. The van der Waals surface area contributed by atoms with Crippen molar-refractivity contribution < 1.29 is 19.7 Å². The standard InChI is InChI=1S/C19H21NO4S/c1-19(2)13-4-3-11(21)7-12(13)17-14(22)5-10(6-15(17)24-19)18(23)16-8-20-9-25-16/h5-6,8-9,11-13,21-22H,3-4,7H2,1-2H3/t11-,12-,13-/m1/s1. The number of ketones is 1. The molecule has 25 heavy (non-hydrogen) atoms. The van der Waals surface area contributed by atoms with Gasteiger partial charge in [0, 0.05) is 29.2 Å². The van der Waals surface area contributed by atoms with Crippen LogP contribution >= 0.6 is 11.3 Å². The first-order chi connectivity index (χ1) is 11.9. The lowest BCUT2D eigenvalue weighted by molar-refractivity contribution is -0.0317. The number of aromatic nitrogens is 1. The third-order valence-electron chi connectivity index (χ3n) is 5.50. The average molecular weight is 359 g/mol. The first-order valence-corrected chi connectivity index (χ1v) is 9.42. The zero-order chi connectivity index (χ0) is 17.8. The lowest BCUT2D eigenvalue weighted by Crippen LogP contribution is -2.47. The van der Waals surface area contributed by atoms with Crippen LogP contribution in [-0.4, -0.2) is 32.7 Å². The van der Waals surface area contributed by atoms with Crippen molar-refractivity contribution in [3.05, 3.63) is 39.8 Å². The molecule has 2 heterocycles. The molecule has 4 rings (SSSR count). The molecule has 0 amide bonds. The summed E-state index contributed by atoms with van der Waals surface area (Å²) in [6, 6.07) is 3.23. The van der Waals surface area contributed by atoms with Crippen LogP contribution in [0.2, 0.25) is 0 Å². The number of phenolic OH excluding ortho intramolecular Hbond substituents is 1. The molecule has 6 heteroatoms. The van der Waals surface area contributed by atoms with E-state index >= 15 is 0 Å². The Bertz CT molecular complexity index is 815. The lowest BCUT2D eigenvalue weighted by Gasteiger charge is -2.48. The van der Waals surface area contributed by atoms with Gasteiger partial charge in [0.1, 0.15) is 17.1 Å². The Kier molecular flexibility index (Phi) is 3.85. The number of phenols is 1. The van der Waals surface area contributed by atoms with Crippen molar-refractivity contribution in [1.29, 1.82) is 0 Å². The number of carbonyl (C=O) groups is 1. The Morgan fingerprint density at radius 2 is 2.16 bits per heavy atom. The van der Waals surface area contributed by atoms with E-state index in [1.165, 1.54) is 23.6 Å². The number of ether oxygens (including phenoxy) is 1. The molecule has 1 aromatic heterocycles. The molecule has 132 valence electrons. The Balaban J connectivity index is 1.79. The Morgan fingerprint density at radius 1 is 1.36 bits per heavy atom. The molecule has 5 nitrogen and oxygen atoms in total. The Morgan fingerprint density at radius 3 is 2.88 bits per heavy atom. The smallest absolute Gasteiger partial charge is 0.204 e. The van der Waals surface area contributed by atoms with Crippen LogP contribution in [0.3, 0.4) is 0 Å². The number of aliphatic hydroxyl groups is 1. The molecule has 0 spiro atoms. The lowest BCUT2D eigenvalue weighted by atomic mass is 9.66. The second kappa shape index (κ2) is 5.81. The molecule has 2 aromatic rings. The SMILES string of the molecule is CC1(C)Oc2cc(C(=O)c3cncs3)cc(O)c2[C@@H]2C[C@H](O)CC[C@H]21. The maximum Gasteiger partial charge on any atom is 0.204 e. The number of benzene rings is 1. The summed E-state index contributed by atoms with van der Waals surface area (Å²) in [6.45, 7) is 4.08. The number of hydrogen-bond donors (Lipinski definition) is 2. The van der Waals surface area contributed by atoms with Crippen LogP contribution in [-0.2, 0) is 0 Å². The summed E-state index contributed by atoms with van der Waals surface area (Å²) in [5, 5.41) is 20.8. The highest BCUT2D eigenvalue weighted by molar-refractivity contribution is 7.11. The molecule has 2 N–H and O–H groups in total. The fourth-order valence-corrected chi connectivity index (χ4v) is 4.91. The molecule has 1 saturated carbocycles. The van der Waals surface area contributed by atoms with Gasteiger partial charge in [-0.05, 0) is 45.2 Å². The van der Waals surface area contributed by atoms with Crippen molar-refractivity contribution in [1.82, 2.24) is 4.98 Å². The molecule has 0 bridgehead atoms. The van der Waals surface area contributed by atoms with E-state index in [0.29, 0.717) is 22.6 Å². The Labute approximate surface area is 150 Å². The highest BCUT2D eigenvalue weighted by Crippen LogP contribution is 2.54. The van der Waals surface area contributed by atoms with Gasteiger partial charge < -0.3 is 14.9 Å². The normalized spacial score (nSPS) is 27.1. The van der Waals surface area contributed by atoms with Crippen molar-refractivity contribution in [3.8, 4) is 11.5 Å². The van der Waals surface area contributed by atoms with Crippen LogP contribution in [0, 0.1) is 5.92 Å². The fraction of sp³-hybridized carbons (Fsp3) is 0.474. The number of hydrogen-bond acceptors (Lipinski definition) is 6. The predicted molar refractivity (Wildman–Crippen MR) is 94.4 cm³/mol. The van der Waals surface area contributed by atoms with Crippen molar-refractivity contribution >= 4 is 17.1 Å². The average Bonchev–Trinajstić information content (AvgIpc) is 3.06. The van der Waals surface area contributed by atoms with Crippen LogP contribution < -0.4 is 4.74 Å². The molecule has 2 aliphatic rings. The Hall–Kier alpha value is -1.92. The van der Waals surface area contributed by atoms with Gasteiger partial charge in [0.15, 0.2) is 0 Å². The van der Waals surface area contributed by atoms with Gasteiger partial charge in [-0.2, -0.15) is 0 Å². The van der Waals surface area contributed by atoms with E-state index in [1.54, 1.807) is 11.6 Å². The second-order valence-electron chi connectivity index (χ2n) is 7.49. The minimum Gasteiger partial charge on any atom is -0.507 e. The van der Waals surface area contributed by atoms with E-state index in [0.717, 1.165) is 18.4 Å². The molecule has 1 aromatic carbocycles. The monoisotopic (exact) mass is 359 g/mol. The molecule has 3 atom stereocenters. The molecule has 0 unspecified atom stereocenters. The number of carbonyl (C=O) groups excluding carboxylic acids is 1. The van der Waals surface area contributed by atoms with Crippen molar-refractivity contribution in [2.24, 2.45) is 5.92 Å². The molecular formula is C19H21NO4S. The van der Waals surface area contributed by atoms with Gasteiger partial charge in [-0.15, -0.1) is 11.3 Å². The van der Waals surface area contributed by atoms with Gasteiger partial charge >= 0.3 is 0 Å². The number of thiazole rings is 1. The van der Waals surface area contributed by atoms with Crippen molar-refractivity contribution in [2.75, 3.05) is 0 Å². The topological polar surface area (TPSA) is 79.7 Å². The summed E-state index contributed by atoms with van der Waals surface area (Å²) in [7, 11) is 0. The minimum atomic E-state index is -0.406. The molecule has 0 saturated heterocycles. The number of fused-ring (bicyclic) bond motifs is 3. The number of aromatic hydroxyl groups is 1. The quantitative estimate of drug-likeness (QED) is 0.803. The van der Waals surface area contributed by atoms with E-state index in [-0.39, 0.29) is 29.5 Å². The zero-order valence-electron chi connectivity index (χ0n) is 14.2. The summed E-state index contributed by atoms with van der Waals surface area (Å²) in [5.41, 5.74) is 2.32. The van der Waals surface area contributed by atoms with Crippen LogP contribution in [0.15, 0.2) is 23.8 Å². The summed E-state index contributed by atoms with van der Waals surface area (Å²) in [4.78, 5) is 17.1. The van der Waals surface area contributed by atoms with Gasteiger partial charge in [-0.3, -0.25) is 9.78 Å². The molecule has 1 fully saturated rings. The van der Waals surface area contributed by atoms with Gasteiger partial charge in [-0.25, -0.2) is 0 Å². The summed E-state index contributed by atoms with van der Waals surface area (Å²) in [5.74, 6) is 0.721. The first-order valence-electron chi connectivity index (χ1n) is 8.54. The van der Waals surface area contributed by atoms with E-state index in [2.05, 4.69) is 4.98 Å². The van der Waals surface area contributed by atoms with E-state index in [1.807, 2.05) is 13.8 Å². The van der Waals surface area contributed by atoms with Crippen LogP contribution in [0.1, 0.15) is 59.8 Å². The van der Waals surface area contributed by atoms with Gasteiger partial charge in [0.05, 0.1) is 16.5 Å². The highest BCUT2D eigenvalue weighted by Gasteiger charge is 2.47. The van der Waals surface area contributed by atoms with Gasteiger partial charge in [-0.1, -0.05) is 0 Å². The highest BCUT2D eigenvalue weighted by atomic mass is 32.1. The number of nitrogens with zero attached hydrogens (tertiary/aromatic N) is 1.